The highest BCUT2D eigenvalue weighted by molar-refractivity contribution is 5.70. The van der Waals surface area contributed by atoms with Gasteiger partial charge in [-0.05, 0) is 129 Å². The predicted molar refractivity (Wildman–Crippen MR) is 292 cm³/mol. The Balaban J connectivity index is 5.13. The van der Waals surface area contributed by atoms with E-state index < -0.39 is 12.2 Å². The zero-order valence-corrected chi connectivity index (χ0v) is 45.6. The summed E-state index contributed by atoms with van der Waals surface area (Å²) in [5.74, 6) is -0.407. The largest absolute Gasteiger partial charge is 0.466 e. The standard InChI is InChI=1S/C61H111NO6/c1-6-11-14-17-20-22-24-26-28-30-32-34-36-41-47-53-60(64)67-57(50-44-39-19-16-13-8-3)58(51-45-40-38-43-46-52-59(63)66-56-49-55-62(9-4)10-5)68-61(65)54-48-42-37-35-33-31-29-27-25-23-21-18-15-12-7-2/h20-23,26-29,57-58H,6-19,24-25,30-56H2,1-5H3/b22-20-,23-21-,28-26-,29-27-/t57-,58+/m0/s1. The fourth-order valence-electron chi connectivity index (χ4n) is 8.62. The Morgan fingerprint density at radius 2 is 0.691 bits per heavy atom. The molecule has 0 heterocycles. The lowest BCUT2D eigenvalue weighted by molar-refractivity contribution is -0.169. The summed E-state index contributed by atoms with van der Waals surface area (Å²) in [5.41, 5.74) is 0. The highest BCUT2D eigenvalue weighted by Gasteiger charge is 2.28. The molecule has 0 unspecified atom stereocenters. The first kappa shape index (κ1) is 65.3. The van der Waals surface area contributed by atoms with Gasteiger partial charge in [-0.15, -0.1) is 0 Å². The third kappa shape index (κ3) is 47.0. The summed E-state index contributed by atoms with van der Waals surface area (Å²) in [5, 5.41) is 0. The van der Waals surface area contributed by atoms with Crippen LogP contribution < -0.4 is 0 Å². The van der Waals surface area contributed by atoms with Gasteiger partial charge >= 0.3 is 17.9 Å². The molecule has 7 nitrogen and oxygen atoms in total. The minimum atomic E-state index is -0.420. The van der Waals surface area contributed by atoms with Crippen LogP contribution in [-0.4, -0.2) is 61.3 Å². The van der Waals surface area contributed by atoms with Gasteiger partial charge in [0.1, 0.15) is 12.2 Å². The molecule has 0 aliphatic rings. The molecule has 0 aliphatic carbocycles. The molecule has 0 saturated heterocycles. The van der Waals surface area contributed by atoms with Crippen LogP contribution in [0.2, 0.25) is 0 Å². The van der Waals surface area contributed by atoms with Gasteiger partial charge in [-0.1, -0.05) is 199 Å². The zero-order valence-electron chi connectivity index (χ0n) is 45.6. The summed E-state index contributed by atoms with van der Waals surface area (Å²) in [6.07, 6.45) is 58.0. The van der Waals surface area contributed by atoms with Crippen LogP contribution in [0.4, 0.5) is 0 Å². The van der Waals surface area contributed by atoms with Gasteiger partial charge in [0.25, 0.3) is 0 Å². The number of ether oxygens (including phenoxy) is 3. The lowest BCUT2D eigenvalue weighted by atomic mass is 9.99. The molecule has 0 bridgehead atoms. The molecule has 0 aromatic heterocycles. The molecule has 0 aliphatic heterocycles. The molecule has 0 aromatic rings. The lowest BCUT2D eigenvalue weighted by Gasteiger charge is -2.27. The Labute approximate surface area is 421 Å². The highest BCUT2D eigenvalue weighted by atomic mass is 16.6. The van der Waals surface area contributed by atoms with E-state index in [2.05, 4.69) is 88.1 Å². The predicted octanol–water partition coefficient (Wildman–Crippen LogP) is 18.2. The van der Waals surface area contributed by atoms with Crippen LogP contribution in [0.25, 0.3) is 0 Å². The van der Waals surface area contributed by atoms with Crippen LogP contribution >= 0.6 is 0 Å². The third-order valence-corrected chi connectivity index (χ3v) is 13.1. The van der Waals surface area contributed by atoms with Crippen LogP contribution in [0.1, 0.15) is 285 Å². The Bertz CT molecular complexity index is 1220. The van der Waals surface area contributed by atoms with Crippen LogP contribution in [0.5, 0.6) is 0 Å². The maximum atomic E-state index is 13.4. The first-order chi connectivity index (χ1) is 33.4. The van der Waals surface area contributed by atoms with Crippen molar-refractivity contribution in [3.63, 3.8) is 0 Å². The molecule has 0 radical (unpaired) electrons. The second kappa shape index (κ2) is 53.7. The van der Waals surface area contributed by atoms with Crippen molar-refractivity contribution in [2.45, 2.75) is 297 Å². The molecule has 0 rings (SSSR count). The normalized spacial score (nSPS) is 12.9. The van der Waals surface area contributed by atoms with E-state index in [1.165, 1.54) is 103 Å². The first-order valence-electron chi connectivity index (χ1n) is 29.3. The van der Waals surface area contributed by atoms with E-state index in [4.69, 9.17) is 14.2 Å². The number of esters is 3. The summed E-state index contributed by atoms with van der Waals surface area (Å²) < 4.78 is 18.1. The summed E-state index contributed by atoms with van der Waals surface area (Å²) in [6.45, 7) is 14.5. The van der Waals surface area contributed by atoms with Gasteiger partial charge in [0.15, 0.2) is 0 Å². The van der Waals surface area contributed by atoms with E-state index >= 15 is 0 Å². The summed E-state index contributed by atoms with van der Waals surface area (Å²) in [6, 6.07) is 0. The fourth-order valence-corrected chi connectivity index (χ4v) is 8.62. The second-order valence-corrected chi connectivity index (χ2v) is 19.5. The van der Waals surface area contributed by atoms with Crippen molar-refractivity contribution in [1.29, 1.82) is 0 Å². The average molecular weight is 955 g/mol. The highest BCUT2D eigenvalue weighted by Crippen LogP contribution is 2.23. The van der Waals surface area contributed by atoms with Gasteiger partial charge < -0.3 is 19.1 Å². The van der Waals surface area contributed by atoms with Crippen LogP contribution in [0.15, 0.2) is 48.6 Å². The minimum Gasteiger partial charge on any atom is -0.466 e. The molecule has 0 N–H and O–H groups in total. The smallest absolute Gasteiger partial charge is 0.306 e. The van der Waals surface area contributed by atoms with E-state index in [1.54, 1.807) is 0 Å². The van der Waals surface area contributed by atoms with E-state index in [1.807, 2.05) is 0 Å². The van der Waals surface area contributed by atoms with Crippen molar-refractivity contribution in [3.8, 4) is 0 Å². The van der Waals surface area contributed by atoms with Gasteiger partial charge in [-0.25, -0.2) is 0 Å². The van der Waals surface area contributed by atoms with Crippen LogP contribution in [0, 0.1) is 0 Å². The van der Waals surface area contributed by atoms with E-state index in [0.717, 1.165) is 142 Å². The van der Waals surface area contributed by atoms with Crippen molar-refractivity contribution >= 4 is 17.9 Å². The SMILES string of the molecule is CCCCC/C=C\C/C=C\CCCCCCCC(=O)O[C@@H](CCCCCCCC)[C@@H](CCCCCCCC(=O)OCCCN(CC)CC)OC(=O)CCCCCCC/C=C\C/C=C\CCCCC. The zero-order chi connectivity index (χ0) is 49.6. The maximum absolute atomic E-state index is 13.4. The van der Waals surface area contributed by atoms with E-state index in [0.29, 0.717) is 32.3 Å². The molecule has 396 valence electrons. The van der Waals surface area contributed by atoms with Gasteiger partial charge in [0, 0.05) is 25.8 Å². The van der Waals surface area contributed by atoms with Crippen molar-refractivity contribution in [3.05, 3.63) is 48.6 Å². The summed E-state index contributed by atoms with van der Waals surface area (Å²) in [7, 11) is 0. The molecule has 68 heavy (non-hydrogen) atoms. The topological polar surface area (TPSA) is 82.1 Å². The number of carbonyl (C=O) groups is 3. The van der Waals surface area contributed by atoms with Gasteiger partial charge in [0.2, 0.25) is 0 Å². The van der Waals surface area contributed by atoms with Crippen molar-refractivity contribution in [2.75, 3.05) is 26.2 Å². The Morgan fingerprint density at radius 3 is 1.09 bits per heavy atom. The molecule has 0 fully saturated rings. The Kier molecular flexibility index (Phi) is 51.6. The molecule has 0 amide bonds. The number of unbranched alkanes of at least 4 members (excludes halogenated alkanes) is 25. The van der Waals surface area contributed by atoms with Crippen molar-refractivity contribution in [1.82, 2.24) is 4.90 Å². The first-order valence-corrected chi connectivity index (χ1v) is 29.3. The number of rotatable bonds is 52. The monoisotopic (exact) mass is 954 g/mol. The Morgan fingerprint density at radius 1 is 0.368 bits per heavy atom. The number of nitrogens with zero attached hydrogens (tertiary/aromatic N) is 1. The fraction of sp³-hybridized carbons (Fsp3) is 0.820. The van der Waals surface area contributed by atoms with Crippen molar-refractivity contribution in [2.24, 2.45) is 0 Å². The third-order valence-electron chi connectivity index (χ3n) is 13.1. The Hall–Kier alpha value is -2.67. The maximum Gasteiger partial charge on any atom is 0.306 e. The number of hydrogen-bond acceptors (Lipinski definition) is 7. The summed E-state index contributed by atoms with van der Waals surface area (Å²) in [4.78, 5) is 41.5. The quantitative estimate of drug-likeness (QED) is 0.0260. The molecular formula is C61H111NO6. The summed E-state index contributed by atoms with van der Waals surface area (Å²) >= 11 is 0. The molecular weight excluding hydrogens is 843 g/mol. The van der Waals surface area contributed by atoms with Crippen LogP contribution in [0.3, 0.4) is 0 Å². The molecule has 0 spiro atoms. The number of carbonyl (C=O) groups excluding carboxylic acids is 3. The number of allylic oxidation sites excluding steroid dienone is 8. The molecule has 0 saturated carbocycles. The number of hydrogen-bond donors (Lipinski definition) is 0. The van der Waals surface area contributed by atoms with E-state index in [-0.39, 0.29) is 17.9 Å². The average Bonchev–Trinajstić information content (AvgIpc) is 3.34. The van der Waals surface area contributed by atoms with Gasteiger partial charge in [-0.3, -0.25) is 14.4 Å². The van der Waals surface area contributed by atoms with Crippen LogP contribution in [-0.2, 0) is 28.6 Å². The van der Waals surface area contributed by atoms with Crippen molar-refractivity contribution < 1.29 is 28.6 Å². The lowest BCUT2D eigenvalue weighted by Crippen LogP contribution is -2.35. The molecule has 7 heteroatoms. The van der Waals surface area contributed by atoms with E-state index in [9.17, 15) is 14.4 Å². The minimum absolute atomic E-state index is 0.0974. The van der Waals surface area contributed by atoms with Gasteiger partial charge in [0.05, 0.1) is 6.61 Å². The molecule has 0 aromatic carbocycles. The van der Waals surface area contributed by atoms with Gasteiger partial charge in [-0.2, -0.15) is 0 Å². The second-order valence-electron chi connectivity index (χ2n) is 19.5. The molecule has 2 atom stereocenters.